The first kappa shape index (κ1) is 19.8. The van der Waals surface area contributed by atoms with Crippen molar-refractivity contribution < 1.29 is 8.42 Å². The summed E-state index contributed by atoms with van der Waals surface area (Å²) < 4.78 is 25.0. The van der Waals surface area contributed by atoms with Gasteiger partial charge in [0.25, 0.3) is 0 Å². The lowest BCUT2D eigenvalue weighted by Gasteiger charge is -2.35. The molecular weight excluding hydrogens is 346 g/mol. The molecule has 0 radical (unpaired) electrons. The third-order valence-corrected chi connectivity index (χ3v) is 7.09. The van der Waals surface area contributed by atoms with Crippen LogP contribution in [0.3, 0.4) is 0 Å². The van der Waals surface area contributed by atoms with Crippen LogP contribution >= 0.6 is 0 Å². The summed E-state index contributed by atoms with van der Waals surface area (Å²) in [4.78, 5) is 2.64. The molecule has 1 N–H and O–H groups in total. The second-order valence-electron chi connectivity index (χ2n) is 7.72. The van der Waals surface area contributed by atoms with E-state index in [1.54, 1.807) is 4.31 Å². The number of benzene rings is 1. The Balaban J connectivity index is 1.60. The van der Waals surface area contributed by atoms with Crippen LogP contribution in [0.15, 0.2) is 30.3 Å². The van der Waals surface area contributed by atoms with Crippen molar-refractivity contribution in [3.8, 4) is 0 Å². The average Bonchev–Trinajstić information content (AvgIpc) is 2.92. The summed E-state index contributed by atoms with van der Waals surface area (Å²) in [6, 6.07) is 11.6. The molecule has 0 unspecified atom stereocenters. The van der Waals surface area contributed by atoms with Crippen LogP contribution in [0.4, 0.5) is 0 Å². The summed E-state index contributed by atoms with van der Waals surface area (Å²) >= 11 is 0. The lowest BCUT2D eigenvalue weighted by atomic mass is 10.0. The van der Waals surface area contributed by atoms with Gasteiger partial charge in [-0.3, -0.25) is 4.90 Å². The summed E-state index contributed by atoms with van der Waals surface area (Å²) in [6.07, 6.45) is 8.37. The van der Waals surface area contributed by atoms with Crippen LogP contribution in [-0.2, 0) is 10.0 Å². The molecule has 0 aliphatic carbocycles. The minimum atomic E-state index is -3.05. The Morgan fingerprint density at radius 1 is 1.00 bits per heavy atom. The minimum absolute atomic E-state index is 0.405. The number of nitrogens with one attached hydrogen (secondary N) is 1. The van der Waals surface area contributed by atoms with Gasteiger partial charge in [0, 0.05) is 31.7 Å². The van der Waals surface area contributed by atoms with Crippen LogP contribution in [0.25, 0.3) is 0 Å². The summed E-state index contributed by atoms with van der Waals surface area (Å²) in [7, 11) is -3.05. The highest BCUT2D eigenvalue weighted by Gasteiger charge is 2.27. The van der Waals surface area contributed by atoms with Crippen molar-refractivity contribution in [1.82, 2.24) is 14.5 Å². The van der Waals surface area contributed by atoms with Gasteiger partial charge in [-0.15, -0.1) is 0 Å². The molecule has 2 fully saturated rings. The number of sulfonamides is 1. The molecule has 1 aromatic carbocycles. The van der Waals surface area contributed by atoms with E-state index in [0.717, 1.165) is 19.4 Å². The summed E-state index contributed by atoms with van der Waals surface area (Å²) in [5.74, 6) is 0. The Hall–Kier alpha value is -0.950. The molecule has 6 heteroatoms. The fourth-order valence-corrected chi connectivity index (χ4v) is 5.08. The van der Waals surface area contributed by atoms with E-state index < -0.39 is 10.0 Å². The lowest BCUT2D eigenvalue weighted by Crippen LogP contribution is -2.47. The van der Waals surface area contributed by atoms with Crippen LogP contribution in [0.2, 0.25) is 0 Å². The zero-order valence-electron chi connectivity index (χ0n) is 15.9. The van der Waals surface area contributed by atoms with Crippen molar-refractivity contribution in [1.29, 1.82) is 0 Å². The predicted octanol–water partition coefficient (Wildman–Crippen LogP) is 2.62. The van der Waals surface area contributed by atoms with Gasteiger partial charge in [-0.1, -0.05) is 43.2 Å². The van der Waals surface area contributed by atoms with Gasteiger partial charge in [0.05, 0.1) is 6.26 Å². The van der Waals surface area contributed by atoms with Gasteiger partial charge in [0.15, 0.2) is 0 Å². The van der Waals surface area contributed by atoms with Crippen molar-refractivity contribution in [2.45, 2.75) is 50.6 Å². The highest BCUT2D eigenvalue weighted by Crippen LogP contribution is 2.24. The maximum atomic E-state index is 11.7. The number of hydrogen-bond acceptors (Lipinski definition) is 4. The first-order chi connectivity index (χ1) is 12.5. The van der Waals surface area contributed by atoms with Gasteiger partial charge >= 0.3 is 0 Å². The number of likely N-dealkylation sites (tertiary alicyclic amines) is 1. The average molecular weight is 380 g/mol. The molecule has 0 saturated carbocycles. The summed E-state index contributed by atoms with van der Waals surface area (Å²) in [6.45, 7) is 4.56. The number of piperidine rings is 1. The normalized spacial score (nSPS) is 22.8. The predicted molar refractivity (Wildman–Crippen MR) is 107 cm³/mol. The Morgan fingerprint density at radius 3 is 2.19 bits per heavy atom. The highest BCUT2D eigenvalue weighted by molar-refractivity contribution is 7.88. The van der Waals surface area contributed by atoms with E-state index in [9.17, 15) is 8.42 Å². The standard InChI is InChI=1S/C20H33N3O2S/c1-26(24,25)23-15-11-19(12-16-23)21-17-20(18-9-5-4-6-10-18)22-13-7-2-3-8-14-22/h4-6,9-10,19-21H,2-3,7-8,11-17H2,1H3/t20-/m1/s1. The molecule has 1 aromatic rings. The lowest BCUT2D eigenvalue weighted by molar-refractivity contribution is 0.188. The van der Waals surface area contributed by atoms with Crippen LogP contribution in [0.5, 0.6) is 0 Å². The molecule has 1 atom stereocenters. The van der Waals surface area contributed by atoms with E-state index in [-0.39, 0.29) is 0 Å². The van der Waals surface area contributed by atoms with E-state index in [1.807, 2.05) is 0 Å². The van der Waals surface area contributed by atoms with Crippen molar-refractivity contribution >= 4 is 10.0 Å². The molecule has 0 bridgehead atoms. The molecule has 146 valence electrons. The van der Waals surface area contributed by atoms with Crippen molar-refractivity contribution in [3.63, 3.8) is 0 Å². The quantitative estimate of drug-likeness (QED) is 0.825. The van der Waals surface area contributed by atoms with Crippen molar-refractivity contribution in [2.24, 2.45) is 0 Å². The van der Waals surface area contributed by atoms with Crippen LogP contribution < -0.4 is 5.32 Å². The molecule has 2 aliphatic rings. The van der Waals surface area contributed by atoms with Gasteiger partial charge in [0.2, 0.25) is 10.0 Å². The van der Waals surface area contributed by atoms with Gasteiger partial charge < -0.3 is 5.32 Å². The smallest absolute Gasteiger partial charge is 0.211 e. The molecule has 2 heterocycles. The Bertz CT molecular complexity index is 634. The molecule has 2 aliphatic heterocycles. The Kier molecular flexibility index (Phi) is 7.09. The second-order valence-corrected chi connectivity index (χ2v) is 9.70. The first-order valence-corrected chi connectivity index (χ1v) is 11.9. The Morgan fingerprint density at radius 2 is 1.62 bits per heavy atom. The maximum absolute atomic E-state index is 11.7. The molecular formula is C20H33N3O2S. The van der Waals surface area contributed by atoms with Gasteiger partial charge in [0.1, 0.15) is 0 Å². The van der Waals surface area contributed by atoms with Crippen LogP contribution in [0, 0.1) is 0 Å². The van der Waals surface area contributed by atoms with E-state index in [1.165, 1.54) is 50.6 Å². The molecule has 5 nitrogen and oxygen atoms in total. The second kappa shape index (κ2) is 9.31. The van der Waals surface area contributed by atoms with Crippen molar-refractivity contribution in [2.75, 3.05) is 39.0 Å². The summed E-state index contributed by atoms with van der Waals surface area (Å²) in [5.41, 5.74) is 1.38. The number of nitrogens with zero attached hydrogens (tertiary/aromatic N) is 2. The zero-order valence-corrected chi connectivity index (χ0v) is 16.8. The van der Waals surface area contributed by atoms with Gasteiger partial charge in [-0.25, -0.2) is 12.7 Å². The SMILES string of the molecule is CS(=O)(=O)N1CCC(NC[C@H](c2ccccc2)N2CCCCCC2)CC1. The fourth-order valence-electron chi connectivity index (χ4n) is 4.21. The number of rotatable bonds is 6. The maximum Gasteiger partial charge on any atom is 0.211 e. The molecule has 0 spiro atoms. The minimum Gasteiger partial charge on any atom is -0.312 e. The van der Waals surface area contributed by atoms with E-state index in [0.29, 0.717) is 25.2 Å². The van der Waals surface area contributed by atoms with Crippen molar-refractivity contribution in [3.05, 3.63) is 35.9 Å². The molecule has 26 heavy (non-hydrogen) atoms. The Labute approximate surface area is 158 Å². The van der Waals surface area contributed by atoms with Gasteiger partial charge in [-0.2, -0.15) is 0 Å². The first-order valence-electron chi connectivity index (χ1n) is 10.0. The third kappa shape index (κ3) is 5.52. The largest absolute Gasteiger partial charge is 0.312 e. The molecule has 3 rings (SSSR count). The van der Waals surface area contributed by atoms with Crippen LogP contribution in [-0.4, -0.2) is 62.6 Å². The fraction of sp³-hybridized carbons (Fsp3) is 0.700. The third-order valence-electron chi connectivity index (χ3n) is 5.79. The molecule has 2 saturated heterocycles. The van der Waals surface area contributed by atoms with Gasteiger partial charge in [-0.05, 0) is 44.3 Å². The topological polar surface area (TPSA) is 52.7 Å². The van der Waals surface area contributed by atoms with E-state index >= 15 is 0 Å². The highest BCUT2D eigenvalue weighted by atomic mass is 32.2. The van der Waals surface area contributed by atoms with E-state index in [4.69, 9.17) is 0 Å². The number of hydrogen-bond donors (Lipinski definition) is 1. The summed E-state index contributed by atoms with van der Waals surface area (Å²) in [5, 5.41) is 3.75. The monoisotopic (exact) mass is 379 g/mol. The van der Waals surface area contributed by atoms with E-state index in [2.05, 4.69) is 40.5 Å². The zero-order chi connectivity index (χ0) is 18.4. The van der Waals surface area contributed by atoms with Crippen LogP contribution in [0.1, 0.15) is 50.1 Å². The molecule has 0 aromatic heterocycles. The molecule has 0 amide bonds.